The molecule has 1 aliphatic rings. The molecule has 1 atom stereocenters. The van der Waals surface area contributed by atoms with Crippen LogP contribution in [0.5, 0.6) is 0 Å². The zero-order chi connectivity index (χ0) is 27.5. The maximum Gasteiger partial charge on any atom is 0.242 e. The Kier molecular flexibility index (Phi) is 10.1. The molecule has 1 amide bonds. The van der Waals surface area contributed by atoms with Gasteiger partial charge < -0.3 is 20.0 Å². The summed E-state index contributed by atoms with van der Waals surface area (Å²) in [5, 5.41) is 4.37. The second-order valence-electron chi connectivity index (χ2n) is 9.97. The lowest BCUT2D eigenvalue weighted by atomic mass is 10.0. The van der Waals surface area contributed by atoms with Crippen molar-refractivity contribution < 1.29 is 14.4 Å². The number of benzene rings is 2. The SMILES string of the molecule is CC(=O)CCCCC[C@@H](C(=O)NCCc1c(-c2ccccc2)[nH]c2ccccc12)N1C=C(/C=C/C=O)C=CC1. The molecule has 39 heavy (non-hydrogen) atoms. The summed E-state index contributed by atoms with van der Waals surface area (Å²) < 4.78 is 0. The molecule has 0 saturated carbocycles. The third kappa shape index (κ3) is 7.66. The van der Waals surface area contributed by atoms with E-state index in [0.717, 1.165) is 47.9 Å². The molecule has 1 aliphatic heterocycles. The Morgan fingerprint density at radius 1 is 1.05 bits per heavy atom. The molecule has 0 spiro atoms. The van der Waals surface area contributed by atoms with Crippen molar-refractivity contribution in [1.29, 1.82) is 0 Å². The Hall–Kier alpha value is -4.19. The molecule has 2 heterocycles. The van der Waals surface area contributed by atoms with Gasteiger partial charge in [0.05, 0.1) is 0 Å². The normalized spacial score (nSPS) is 14.0. The van der Waals surface area contributed by atoms with Crippen LogP contribution in [0.4, 0.5) is 0 Å². The highest BCUT2D eigenvalue weighted by Gasteiger charge is 2.24. The van der Waals surface area contributed by atoms with E-state index < -0.39 is 0 Å². The zero-order valence-electron chi connectivity index (χ0n) is 22.6. The number of carbonyl (C=O) groups is 3. The minimum Gasteiger partial charge on any atom is -0.361 e. The maximum atomic E-state index is 13.5. The van der Waals surface area contributed by atoms with Crippen molar-refractivity contribution in [3.8, 4) is 11.3 Å². The second-order valence-corrected chi connectivity index (χ2v) is 9.97. The van der Waals surface area contributed by atoms with Crippen LogP contribution >= 0.6 is 0 Å². The first kappa shape index (κ1) is 27.8. The summed E-state index contributed by atoms with van der Waals surface area (Å²) in [6.07, 6.45) is 14.5. The Bertz CT molecular complexity index is 1370. The molecular weight excluding hydrogens is 486 g/mol. The van der Waals surface area contributed by atoms with E-state index in [9.17, 15) is 14.4 Å². The van der Waals surface area contributed by atoms with Gasteiger partial charge in [0.15, 0.2) is 0 Å². The molecule has 2 N–H and O–H groups in total. The lowest BCUT2D eigenvalue weighted by Gasteiger charge is -2.31. The number of ketones is 1. The summed E-state index contributed by atoms with van der Waals surface area (Å²) in [4.78, 5) is 41.3. The molecule has 0 radical (unpaired) electrons. The molecule has 0 unspecified atom stereocenters. The van der Waals surface area contributed by atoms with E-state index in [1.807, 2.05) is 53.6 Å². The van der Waals surface area contributed by atoms with Crippen LogP contribution in [0.3, 0.4) is 0 Å². The van der Waals surface area contributed by atoms with E-state index in [0.29, 0.717) is 32.4 Å². The monoisotopic (exact) mass is 523 g/mol. The Morgan fingerprint density at radius 2 is 1.85 bits per heavy atom. The molecule has 3 aromatic rings. The van der Waals surface area contributed by atoms with Crippen molar-refractivity contribution in [1.82, 2.24) is 15.2 Å². The van der Waals surface area contributed by atoms with Crippen molar-refractivity contribution in [3.05, 3.63) is 96.2 Å². The van der Waals surface area contributed by atoms with Crippen molar-refractivity contribution in [2.24, 2.45) is 0 Å². The number of hydrogen-bond acceptors (Lipinski definition) is 4. The smallest absolute Gasteiger partial charge is 0.242 e. The summed E-state index contributed by atoms with van der Waals surface area (Å²) in [7, 11) is 0. The standard InChI is InChI=1S/C33H37N3O3/c1-25(38)12-4-2-7-19-31(36-22-10-13-26(24-36)14-11-23-37)33(39)34-21-20-29-28-17-8-9-18-30(28)35-32(29)27-15-5-3-6-16-27/h3,5-6,8-11,13-18,23-24,31,35H,2,4,7,12,19-22H2,1H3,(H,34,39)/b14-11+/t31-/m0/s1. The first-order valence-electron chi connectivity index (χ1n) is 13.7. The summed E-state index contributed by atoms with van der Waals surface area (Å²) in [5.41, 5.74) is 5.37. The maximum absolute atomic E-state index is 13.5. The molecule has 6 nitrogen and oxygen atoms in total. The highest BCUT2D eigenvalue weighted by atomic mass is 16.2. The summed E-state index contributed by atoms with van der Waals surface area (Å²) in [5.74, 6) is 0.195. The van der Waals surface area contributed by atoms with E-state index in [2.05, 4.69) is 34.6 Å². The highest BCUT2D eigenvalue weighted by Crippen LogP contribution is 2.30. The average molecular weight is 524 g/mol. The number of aldehydes is 1. The van der Waals surface area contributed by atoms with Crippen LogP contribution in [0.2, 0.25) is 0 Å². The van der Waals surface area contributed by atoms with Crippen LogP contribution in [0.25, 0.3) is 22.2 Å². The number of para-hydroxylation sites is 1. The van der Waals surface area contributed by atoms with Gasteiger partial charge in [0.2, 0.25) is 5.91 Å². The minimum atomic E-state index is -0.330. The molecule has 6 heteroatoms. The van der Waals surface area contributed by atoms with Crippen LogP contribution in [-0.2, 0) is 20.8 Å². The number of aromatic amines is 1. The number of carbonyl (C=O) groups excluding carboxylic acids is 3. The Labute approximate surface area is 230 Å². The van der Waals surface area contributed by atoms with Crippen molar-refractivity contribution in [2.45, 2.75) is 51.5 Å². The van der Waals surface area contributed by atoms with Gasteiger partial charge in [-0.25, -0.2) is 0 Å². The van der Waals surface area contributed by atoms with Crippen LogP contribution in [0.15, 0.2) is 90.7 Å². The summed E-state index contributed by atoms with van der Waals surface area (Å²) >= 11 is 0. The van der Waals surface area contributed by atoms with E-state index in [4.69, 9.17) is 0 Å². The molecule has 0 fully saturated rings. The Balaban J connectivity index is 1.47. The minimum absolute atomic E-state index is 0.00654. The fourth-order valence-corrected chi connectivity index (χ4v) is 5.14. The molecule has 0 saturated heterocycles. The predicted molar refractivity (Wildman–Crippen MR) is 157 cm³/mol. The predicted octanol–water partition coefficient (Wildman–Crippen LogP) is 5.91. The van der Waals surface area contributed by atoms with Crippen molar-refractivity contribution in [3.63, 3.8) is 0 Å². The van der Waals surface area contributed by atoms with Crippen LogP contribution in [-0.4, -0.2) is 47.0 Å². The summed E-state index contributed by atoms with van der Waals surface area (Å²) in [6, 6.07) is 18.2. The van der Waals surface area contributed by atoms with Gasteiger partial charge in [-0.05, 0) is 55.0 Å². The number of H-pyrrole nitrogens is 1. The van der Waals surface area contributed by atoms with Crippen molar-refractivity contribution in [2.75, 3.05) is 13.1 Å². The van der Waals surface area contributed by atoms with Gasteiger partial charge in [0, 0.05) is 42.3 Å². The van der Waals surface area contributed by atoms with E-state index >= 15 is 0 Å². The number of hydrogen-bond donors (Lipinski definition) is 2. The van der Waals surface area contributed by atoms with Gasteiger partial charge in [-0.3, -0.25) is 9.59 Å². The van der Waals surface area contributed by atoms with Crippen LogP contribution in [0, 0.1) is 0 Å². The number of rotatable bonds is 14. The highest BCUT2D eigenvalue weighted by molar-refractivity contribution is 5.91. The van der Waals surface area contributed by atoms with E-state index in [-0.39, 0.29) is 17.7 Å². The number of amides is 1. The third-order valence-corrected chi connectivity index (χ3v) is 7.07. The quantitative estimate of drug-likeness (QED) is 0.156. The average Bonchev–Trinajstić information content (AvgIpc) is 3.33. The number of nitrogens with zero attached hydrogens (tertiary/aromatic N) is 1. The molecule has 202 valence electrons. The number of nitrogens with one attached hydrogen (secondary N) is 2. The second kappa shape index (κ2) is 14.1. The van der Waals surface area contributed by atoms with Gasteiger partial charge in [-0.15, -0.1) is 0 Å². The molecule has 0 bridgehead atoms. The van der Waals surface area contributed by atoms with Crippen LogP contribution < -0.4 is 5.32 Å². The molecular formula is C33H37N3O3. The van der Waals surface area contributed by atoms with Gasteiger partial charge in [-0.2, -0.15) is 0 Å². The number of aromatic nitrogens is 1. The molecule has 4 rings (SSSR count). The Morgan fingerprint density at radius 3 is 2.64 bits per heavy atom. The number of unbranched alkanes of at least 4 members (excludes halogenated alkanes) is 2. The fraction of sp³-hybridized carbons (Fsp3) is 0.303. The first-order valence-corrected chi connectivity index (χ1v) is 13.7. The molecule has 0 aliphatic carbocycles. The van der Waals surface area contributed by atoms with Crippen LogP contribution in [0.1, 0.15) is 44.6 Å². The first-order chi connectivity index (χ1) is 19.1. The van der Waals surface area contributed by atoms with E-state index in [1.165, 1.54) is 17.0 Å². The van der Waals surface area contributed by atoms with Gasteiger partial charge >= 0.3 is 0 Å². The topological polar surface area (TPSA) is 82.3 Å². The number of allylic oxidation sites excluding steroid dienone is 4. The molecule has 2 aromatic carbocycles. The number of Topliss-reactive ketones (excluding diaryl/α,β-unsaturated/α-hetero) is 1. The number of fused-ring (bicyclic) bond motifs is 1. The molecule has 1 aromatic heterocycles. The lowest BCUT2D eigenvalue weighted by Crippen LogP contribution is -2.46. The third-order valence-electron chi connectivity index (χ3n) is 7.07. The van der Waals surface area contributed by atoms with Gasteiger partial charge in [0.1, 0.15) is 18.1 Å². The lowest BCUT2D eigenvalue weighted by molar-refractivity contribution is -0.125. The largest absolute Gasteiger partial charge is 0.361 e. The fourth-order valence-electron chi connectivity index (χ4n) is 5.14. The van der Waals surface area contributed by atoms with Gasteiger partial charge in [0.25, 0.3) is 0 Å². The zero-order valence-corrected chi connectivity index (χ0v) is 22.6. The van der Waals surface area contributed by atoms with E-state index in [1.54, 1.807) is 13.0 Å². The van der Waals surface area contributed by atoms with Crippen molar-refractivity contribution >= 4 is 28.9 Å². The van der Waals surface area contributed by atoms with Gasteiger partial charge in [-0.1, -0.05) is 79.6 Å². The summed E-state index contributed by atoms with van der Waals surface area (Å²) in [6.45, 7) is 2.77.